The molecular formula is C16H25N3O3. The highest BCUT2D eigenvalue weighted by molar-refractivity contribution is 5.68. The van der Waals surface area contributed by atoms with E-state index in [0.29, 0.717) is 12.5 Å². The van der Waals surface area contributed by atoms with Gasteiger partial charge in [-0.3, -0.25) is 4.98 Å². The Morgan fingerprint density at radius 3 is 2.86 bits per heavy atom. The van der Waals surface area contributed by atoms with E-state index in [2.05, 4.69) is 9.97 Å². The van der Waals surface area contributed by atoms with Gasteiger partial charge in [-0.15, -0.1) is 0 Å². The van der Waals surface area contributed by atoms with Crippen LogP contribution in [0.1, 0.15) is 46.5 Å². The third-order valence-electron chi connectivity index (χ3n) is 3.50. The van der Waals surface area contributed by atoms with Gasteiger partial charge in [0.05, 0.1) is 12.8 Å². The highest BCUT2D eigenvalue weighted by atomic mass is 16.6. The van der Waals surface area contributed by atoms with Crippen LogP contribution in [0.15, 0.2) is 18.6 Å². The first-order chi connectivity index (χ1) is 10.5. The van der Waals surface area contributed by atoms with E-state index < -0.39 is 5.60 Å². The van der Waals surface area contributed by atoms with Gasteiger partial charge in [-0.25, -0.2) is 9.78 Å². The van der Waals surface area contributed by atoms with E-state index in [4.69, 9.17) is 9.47 Å². The van der Waals surface area contributed by atoms with Crippen molar-refractivity contribution in [2.24, 2.45) is 0 Å². The van der Waals surface area contributed by atoms with Crippen molar-refractivity contribution in [2.45, 2.75) is 58.1 Å². The van der Waals surface area contributed by atoms with Crippen LogP contribution in [0.4, 0.5) is 4.79 Å². The van der Waals surface area contributed by atoms with Crippen LogP contribution in [0, 0.1) is 0 Å². The van der Waals surface area contributed by atoms with E-state index in [0.717, 1.165) is 32.2 Å². The second-order valence-corrected chi connectivity index (χ2v) is 6.50. The van der Waals surface area contributed by atoms with E-state index in [9.17, 15) is 4.79 Å². The fraction of sp³-hybridized carbons (Fsp3) is 0.688. The number of aromatic nitrogens is 2. The monoisotopic (exact) mass is 307 g/mol. The average molecular weight is 307 g/mol. The fourth-order valence-electron chi connectivity index (χ4n) is 2.52. The second-order valence-electron chi connectivity index (χ2n) is 6.50. The lowest BCUT2D eigenvalue weighted by Crippen LogP contribution is -2.46. The Kier molecular flexibility index (Phi) is 5.57. The zero-order valence-electron chi connectivity index (χ0n) is 13.6. The number of carbonyl (C=O) groups is 1. The number of nitrogens with zero attached hydrogens (tertiary/aromatic N) is 3. The molecule has 1 atom stereocenters. The number of rotatable bonds is 4. The van der Waals surface area contributed by atoms with E-state index >= 15 is 0 Å². The molecule has 0 N–H and O–H groups in total. The SMILES string of the molecule is CC(C)(C)OC(=O)N1CCCCC1CCOc1cnccn1. The topological polar surface area (TPSA) is 64.5 Å². The summed E-state index contributed by atoms with van der Waals surface area (Å²) in [6, 6.07) is 0.167. The van der Waals surface area contributed by atoms with E-state index in [-0.39, 0.29) is 12.1 Å². The standard InChI is InChI=1S/C16H25N3O3/c1-16(2,3)22-15(20)19-10-5-4-6-13(19)7-11-21-14-12-17-8-9-18-14/h8-9,12-13H,4-7,10-11H2,1-3H3. The molecule has 0 spiro atoms. The van der Waals surface area contributed by atoms with Gasteiger partial charge in [0.15, 0.2) is 0 Å². The molecule has 1 aromatic rings. The van der Waals surface area contributed by atoms with Gasteiger partial charge in [0, 0.05) is 31.4 Å². The third kappa shape index (κ3) is 5.16. The number of likely N-dealkylation sites (tertiary alicyclic amines) is 1. The van der Waals surface area contributed by atoms with E-state index in [1.807, 2.05) is 25.7 Å². The Bertz CT molecular complexity index is 473. The fourth-order valence-corrected chi connectivity index (χ4v) is 2.52. The van der Waals surface area contributed by atoms with Crippen molar-refractivity contribution in [1.29, 1.82) is 0 Å². The molecule has 1 amide bonds. The van der Waals surface area contributed by atoms with Crippen LogP contribution in [-0.4, -0.2) is 45.8 Å². The number of ether oxygens (including phenoxy) is 2. The second kappa shape index (κ2) is 7.42. The molecule has 0 saturated carbocycles. The summed E-state index contributed by atoms with van der Waals surface area (Å²) in [5.74, 6) is 0.516. The zero-order chi connectivity index (χ0) is 16.0. The minimum atomic E-state index is -0.463. The number of piperidine rings is 1. The van der Waals surface area contributed by atoms with Gasteiger partial charge >= 0.3 is 6.09 Å². The highest BCUT2D eigenvalue weighted by Crippen LogP contribution is 2.22. The van der Waals surface area contributed by atoms with E-state index in [1.165, 1.54) is 0 Å². The number of hydrogen-bond donors (Lipinski definition) is 0. The molecule has 0 radical (unpaired) electrons. The third-order valence-corrected chi connectivity index (χ3v) is 3.50. The van der Waals surface area contributed by atoms with Crippen LogP contribution in [-0.2, 0) is 4.74 Å². The molecule has 0 aliphatic carbocycles. The molecule has 6 nitrogen and oxygen atoms in total. The molecule has 0 bridgehead atoms. The first-order valence-electron chi connectivity index (χ1n) is 7.84. The van der Waals surface area contributed by atoms with Crippen LogP contribution < -0.4 is 4.74 Å². The number of amides is 1. The first-order valence-corrected chi connectivity index (χ1v) is 7.84. The summed E-state index contributed by atoms with van der Waals surface area (Å²) in [6.45, 7) is 6.94. The van der Waals surface area contributed by atoms with Crippen molar-refractivity contribution in [2.75, 3.05) is 13.2 Å². The largest absolute Gasteiger partial charge is 0.476 e. The summed E-state index contributed by atoms with van der Waals surface area (Å²) in [6.07, 6.45) is 8.50. The van der Waals surface area contributed by atoms with Crippen molar-refractivity contribution >= 4 is 6.09 Å². The summed E-state index contributed by atoms with van der Waals surface area (Å²) in [5.41, 5.74) is -0.463. The Morgan fingerprint density at radius 1 is 1.36 bits per heavy atom. The highest BCUT2D eigenvalue weighted by Gasteiger charge is 2.30. The Balaban J connectivity index is 1.85. The Labute approximate surface area is 131 Å². The average Bonchev–Trinajstić information content (AvgIpc) is 2.47. The van der Waals surface area contributed by atoms with Gasteiger partial charge in [-0.1, -0.05) is 0 Å². The molecule has 122 valence electrons. The molecule has 1 fully saturated rings. The molecule has 0 aromatic carbocycles. The summed E-state index contributed by atoms with van der Waals surface area (Å²) in [7, 11) is 0. The predicted molar refractivity (Wildman–Crippen MR) is 82.7 cm³/mol. The lowest BCUT2D eigenvalue weighted by molar-refractivity contribution is 0.00737. The summed E-state index contributed by atoms with van der Waals surface area (Å²) in [4.78, 5) is 22.2. The van der Waals surface area contributed by atoms with Gasteiger partial charge in [-0.2, -0.15) is 0 Å². The van der Waals surface area contributed by atoms with Crippen molar-refractivity contribution in [3.63, 3.8) is 0 Å². The molecule has 6 heteroatoms. The maximum atomic E-state index is 12.3. The molecule has 1 aliphatic heterocycles. The van der Waals surface area contributed by atoms with Crippen LogP contribution in [0.2, 0.25) is 0 Å². The number of carbonyl (C=O) groups excluding carboxylic acids is 1. The molecule has 1 aliphatic rings. The van der Waals surface area contributed by atoms with Crippen molar-refractivity contribution in [1.82, 2.24) is 14.9 Å². The van der Waals surface area contributed by atoms with Crippen LogP contribution in [0.5, 0.6) is 5.88 Å². The summed E-state index contributed by atoms with van der Waals surface area (Å²) in [5, 5.41) is 0. The van der Waals surface area contributed by atoms with Crippen LogP contribution in [0.25, 0.3) is 0 Å². The van der Waals surface area contributed by atoms with Crippen molar-refractivity contribution in [3.05, 3.63) is 18.6 Å². The number of hydrogen-bond acceptors (Lipinski definition) is 5. The molecule has 1 saturated heterocycles. The van der Waals surface area contributed by atoms with Crippen LogP contribution >= 0.6 is 0 Å². The lowest BCUT2D eigenvalue weighted by Gasteiger charge is -2.36. The molecule has 1 unspecified atom stereocenters. The molecule has 2 rings (SSSR count). The summed E-state index contributed by atoms with van der Waals surface area (Å²) >= 11 is 0. The normalized spacial score (nSPS) is 18.9. The molecule has 1 aromatic heterocycles. The Hall–Kier alpha value is -1.85. The molecular weight excluding hydrogens is 282 g/mol. The Morgan fingerprint density at radius 2 is 2.18 bits per heavy atom. The molecule has 2 heterocycles. The van der Waals surface area contributed by atoms with Gasteiger partial charge in [0.2, 0.25) is 5.88 Å². The summed E-state index contributed by atoms with van der Waals surface area (Å²) < 4.78 is 11.1. The van der Waals surface area contributed by atoms with E-state index in [1.54, 1.807) is 18.6 Å². The van der Waals surface area contributed by atoms with Gasteiger partial charge in [0.25, 0.3) is 0 Å². The molecule has 22 heavy (non-hydrogen) atoms. The minimum Gasteiger partial charge on any atom is -0.476 e. The quantitative estimate of drug-likeness (QED) is 0.855. The van der Waals surface area contributed by atoms with Crippen LogP contribution in [0.3, 0.4) is 0 Å². The maximum Gasteiger partial charge on any atom is 0.410 e. The van der Waals surface area contributed by atoms with Gasteiger partial charge < -0.3 is 14.4 Å². The van der Waals surface area contributed by atoms with Gasteiger partial charge in [0.1, 0.15) is 5.60 Å². The maximum absolute atomic E-state index is 12.3. The van der Waals surface area contributed by atoms with Crippen molar-refractivity contribution < 1.29 is 14.3 Å². The first kappa shape index (κ1) is 16.5. The lowest BCUT2D eigenvalue weighted by atomic mass is 10.0. The smallest absolute Gasteiger partial charge is 0.410 e. The van der Waals surface area contributed by atoms with Gasteiger partial charge in [-0.05, 0) is 40.0 Å². The predicted octanol–water partition coefficient (Wildman–Crippen LogP) is 3.04. The zero-order valence-corrected chi connectivity index (χ0v) is 13.6. The minimum absolute atomic E-state index is 0.167. The van der Waals surface area contributed by atoms with Crippen molar-refractivity contribution in [3.8, 4) is 5.88 Å².